The fourth-order valence-electron chi connectivity index (χ4n) is 4.47. The summed E-state index contributed by atoms with van der Waals surface area (Å²) >= 11 is 0. The van der Waals surface area contributed by atoms with Gasteiger partial charge in [0.15, 0.2) is 12.4 Å². The molecule has 0 spiro atoms. The molecule has 1 unspecified atom stereocenters. The van der Waals surface area contributed by atoms with Gasteiger partial charge in [0.2, 0.25) is 0 Å². The zero-order valence-electron chi connectivity index (χ0n) is 20.1. The van der Waals surface area contributed by atoms with Crippen LogP contribution in [-0.4, -0.2) is 37.0 Å². The second kappa shape index (κ2) is 10.6. The first-order valence-electron chi connectivity index (χ1n) is 11.8. The van der Waals surface area contributed by atoms with Crippen LogP contribution in [0.2, 0.25) is 0 Å². The molecule has 0 bridgehead atoms. The third kappa shape index (κ3) is 5.33. The maximum Gasteiger partial charge on any atom is 0.290 e. The molecule has 1 aliphatic rings. The molecule has 4 aromatic rings. The van der Waals surface area contributed by atoms with Crippen molar-refractivity contribution in [3.8, 4) is 11.5 Å². The number of ether oxygens (including phenoxy) is 2. The Morgan fingerprint density at radius 3 is 2.49 bits per heavy atom. The normalized spacial score (nSPS) is 14.5. The number of furan rings is 1. The van der Waals surface area contributed by atoms with E-state index >= 15 is 0 Å². The standard InChI is InChI=1S/C29H25FN2O5/c1-35-23-12-9-22(10-13-23)31-27(33)18-37-24-11-6-19-14-15-32(29(34)26-3-2-16-36-26)28(25(19)17-24)20-4-7-21(30)8-5-20/h2-13,16-17,28H,14-15,18H2,1H3,(H,31,33). The molecular weight excluding hydrogens is 475 g/mol. The number of amides is 2. The van der Waals surface area contributed by atoms with Gasteiger partial charge in [0, 0.05) is 12.2 Å². The van der Waals surface area contributed by atoms with Crippen LogP contribution < -0.4 is 14.8 Å². The van der Waals surface area contributed by atoms with E-state index in [1.54, 1.807) is 60.5 Å². The predicted molar refractivity (Wildman–Crippen MR) is 135 cm³/mol. The van der Waals surface area contributed by atoms with E-state index in [1.807, 2.05) is 18.2 Å². The van der Waals surface area contributed by atoms with Crippen molar-refractivity contribution in [2.24, 2.45) is 0 Å². The highest BCUT2D eigenvalue weighted by molar-refractivity contribution is 5.92. The summed E-state index contributed by atoms with van der Waals surface area (Å²) in [5.41, 5.74) is 3.29. The van der Waals surface area contributed by atoms with Crippen LogP contribution >= 0.6 is 0 Å². The van der Waals surface area contributed by atoms with E-state index in [0.29, 0.717) is 30.2 Å². The average Bonchev–Trinajstić information content (AvgIpc) is 3.47. The Morgan fingerprint density at radius 2 is 1.78 bits per heavy atom. The minimum atomic E-state index is -0.473. The average molecular weight is 501 g/mol. The monoisotopic (exact) mass is 500 g/mol. The van der Waals surface area contributed by atoms with E-state index in [0.717, 1.165) is 16.7 Å². The van der Waals surface area contributed by atoms with Gasteiger partial charge < -0.3 is 24.1 Å². The number of hydrogen-bond donors (Lipinski definition) is 1. The van der Waals surface area contributed by atoms with Crippen LogP contribution in [0, 0.1) is 5.82 Å². The summed E-state index contributed by atoms with van der Waals surface area (Å²) in [6.07, 6.45) is 2.10. The number of rotatable bonds is 7. The molecule has 2 amide bonds. The van der Waals surface area contributed by atoms with E-state index < -0.39 is 6.04 Å². The van der Waals surface area contributed by atoms with Crippen LogP contribution in [-0.2, 0) is 11.2 Å². The molecule has 1 N–H and O–H groups in total. The van der Waals surface area contributed by atoms with E-state index in [9.17, 15) is 14.0 Å². The number of anilines is 1. The number of methoxy groups -OCH3 is 1. The maximum absolute atomic E-state index is 13.7. The Morgan fingerprint density at radius 1 is 1.03 bits per heavy atom. The van der Waals surface area contributed by atoms with Crippen LogP contribution in [0.5, 0.6) is 11.5 Å². The highest BCUT2D eigenvalue weighted by atomic mass is 19.1. The molecule has 0 radical (unpaired) electrons. The lowest BCUT2D eigenvalue weighted by molar-refractivity contribution is -0.118. The second-order valence-electron chi connectivity index (χ2n) is 8.61. The lowest BCUT2D eigenvalue weighted by Gasteiger charge is -2.37. The number of carbonyl (C=O) groups excluding carboxylic acids is 2. The van der Waals surface area contributed by atoms with Gasteiger partial charge in [-0.15, -0.1) is 0 Å². The third-order valence-corrected chi connectivity index (χ3v) is 6.27. The van der Waals surface area contributed by atoms with E-state index in [2.05, 4.69) is 5.32 Å². The first kappa shape index (κ1) is 24.1. The number of nitrogens with one attached hydrogen (secondary N) is 1. The minimum Gasteiger partial charge on any atom is -0.497 e. The van der Waals surface area contributed by atoms with Crippen molar-refractivity contribution in [1.82, 2.24) is 4.90 Å². The molecule has 188 valence electrons. The topological polar surface area (TPSA) is 81.0 Å². The molecule has 1 atom stereocenters. The molecular formula is C29H25FN2O5. The van der Waals surface area contributed by atoms with Crippen molar-refractivity contribution < 1.29 is 27.9 Å². The molecule has 7 nitrogen and oxygen atoms in total. The van der Waals surface area contributed by atoms with Crippen molar-refractivity contribution in [3.05, 3.63) is 113 Å². The van der Waals surface area contributed by atoms with Gasteiger partial charge in [-0.1, -0.05) is 18.2 Å². The number of hydrogen-bond acceptors (Lipinski definition) is 5. The van der Waals surface area contributed by atoms with Gasteiger partial charge in [-0.05, 0) is 83.8 Å². The number of fused-ring (bicyclic) bond motifs is 1. The fraction of sp³-hybridized carbons (Fsp3) is 0.172. The lowest BCUT2D eigenvalue weighted by atomic mass is 9.87. The van der Waals surface area contributed by atoms with Gasteiger partial charge in [-0.25, -0.2) is 4.39 Å². The smallest absolute Gasteiger partial charge is 0.290 e. The summed E-state index contributed by atoms with van der Waals surface area (Å²) in [6, 6.07) is 21.5. The van der Waals surface area contributed by atoms with Gasteiger partial charge >= 0.3 is 0 Å². The van der Waals surface area contributed by atoms with Gasteiger partial charge in [-0.3, -0.25) is 9.59 Å². The molecule has 0 fully saturated rings. The quantitative estimate of drug-likeness (QED) is 0.376. The molecule has 0 saturated carbocycles. The zero-order chi connectivity index (χ0) is 25.8. The third-order valence-electron chi connectivity index (χ3n) is 6.27. The Bertz CT molecular complexity index is 1390. The maximum atomic E-state index is 13.7. The first-order valence-corrected chi connectivity index (χ1v) is 11.8. The van der Waals surface area contributed by atoms with Gasteiger partial charge in [0.05, 0.1) is 19.4 Å². The highest BCUT2D eigenvalue weighted by Crippen LogP contribution is 2.38. The van der Waals surface area contributed by atoms with Gasteiger partial charge in [0.25, 0.3) is 11.8 Å². The van der Waals surface area contributed by atoms with E-state index in [-0.39, 0.29) is 30.0 Å². The van der Waals surface area contributed by atoms with Crippen LogP contribution in [0.1, 0.15) is 33.3 Å². The number of nitrogens with zero attached hydrogens (tertiary/aromatic N) is 1. The molecule has 0 saturated heterocycles. The minimum absolute atomic E-state index is 0.193. The first-order chi connectivity index (χ1) is 18.0. The van der Waals surface area contributed by atoms with E-state index in [4.69, 9.17) is 13.9 Å². The van der Waals surface area contributed by atoms with Crippen molar-refractivity contribution in [2.45, 2.75) is 12.5 Å². The summed E-state index contributed by atoms with van der Waals surface area (Å²) in [5, 5.41) is 2.79. The molecule has 1 aliphatic heterocycles. The Hall–Kier alpha value is -4.59. The second-order valence-corrected chi connectivity index (χ2v) is 8.61. The van der Waals surface area contributed by atoms with Gasteiger partial charge in [-0.2, -0.15) is 0 Å². The van der Waals surface area contributed by atoms with Crippen molar-refractivity contribution >= 4 is 17.5 Å². The number of halogens is 1. The Labute approximate surface area is 213 Å². The van der Waals surface area contributed by atoms with Crippen molar-refractivity contribution in [1.29, 1.82) is 0 Å². The van der Waals surface area contributed by atoms with Gasteiger partial charge in [0.1, 0.15) is 17.3 Å². The molecule has 0 aliphatic carbocycles. The van der Waals surface area contributed by atoms with Crippen LogP contribution in [0.3, 0.4) is 0 Å². The summed E-state index contributed by atoms with van der Waals surface area (Å²) < 4.78 is 30.0. The molecule has 5 rings (SSSR count). The molecule has 3 aromatic carbocycles. The fourth-order valence-corrected chi connectivity index (χ4v) is 4.47. The number of benzene rings is 3. The molecule has 8 heteroatoms. The van der Waals surface area contributed by atoms with Crippen LogP contribution in [0.25, 0.3) is 0 Å². The van der Waals surface area contributed by atoms with Crippen molar-refractivity contribution in [3.63, 3.8) is 0 Å². The zero-order valence-corrected chi connectivity index (χ0v) is 20.1. The SMILES string of the molecule is COc1ccc(NC(=O)COc2ccc3c(c2)C(c2ccc(F)cc2)N(C(=O)c2ccco2)CC3)cc1. The van der Waals surface area contributed by atoms with Crippen LogP contribution in [0.15, 0.2) is 89.5 Å². The highest BCUT2D eigenvalue weighted by Gasteiger charge is 2.34. The summed E-state index contributed by atoms with van der Waals surface area (Å²) in [4.78, 5) is 27.5. The Balaban J connectivity index is 1.38. The van der Waals surface area contributed by atoms with Crippen LogP contribution in [0.4, 0.5) is 10.1 Å². The van der Waals surface area contributed by atoms with Crippen molar-refractivity contribution in [2.75, 3.05) is 25.6 Å². The van der Waals surface area contributed by atoms with E-state index in [1.165, 1.54) is 18.4 Å². The summed E-state index contributed by atoms with van der Waals surface area (Å²) in [7, 11) is 1.58. The lowest BCUT2D eigenvalue weighted by Crippen LogP contribution is -2.40. The molecule has 37 heavy (non-hydrogen) atoms. The largest absolute Gasteiger partial charge is 0.497 e. The molecule has 2 heterocycles. The summed E-state index contributed by atoms with van der Waals surface area (Å²) in [6.45, 7) is 0.278. The number of carbonyl (C=O) groups is 2. The Kier molecular flexibility index (Phi) is 6.89. The summed E-state index contributed by atoms with van der Waals surface area (Å²) in [5.74, 6) is 0.492. The molecule has 1 aromatic heterocycles. The predicted octanol–water partition coefficient (Wildman–Crippen LogP) is 5.23.